The minimum absolute atomic E-state index is 0.634. The van der Waals surface area contributed by atoms with E-state index in [2.05, 4.69) is 11.6 Å². The van der Waals surface area contributed by atoms with Crippen LogP contribution in [0.4, 0.5) is 0 Å². The van der Waals surface area contributed by atoms with Gasteiger partial charge in [0.25, 0.3) is 0 Å². The number of ether oxygens (including phenoxy) is 1. The number of nitrogens with zero attached hydrogens (tertiary/aromatic N) is 1. The van der Waals surface area contributed by atoms with Crippen LogP contribution in [0.3, 0.4) is 0 Å². The van der Waals surface area contributed by atoms with Crippen molar-refractivity contribution in [1.29, 1.82) is 0 Å². The molecule has 0 radical (unpaired) electrons. The van der Waals surface area contributed by atoms with Gasteiger partial charge in [-0.05, 0) is 6.08 Å². The van der Waals surface area contributed by atoms with Gasteiger partial charge in [-0.15, -0.1) is 0 Å². The lowest BCUT2D eigenvalue weighted by molar-refractivity contribution is 0.452. The lowest BCUT2D eigenvalue weighted by atomic mass is 10.5. The van der Waals surface area contributed by atoms with Crippen molar-refractivity contribution in [3.8, 4) is 0 Å². The summed E-state index contributed by atoms with van der Waals surface area (Å²) in [4.78, 5) is 3.78. The van der Waals surface area contributed by atoms with E-state index in [1.54, 1.807) is 19.2 Å². The monoisotopic (exact) mass is 109 g/mol. The molecule has 0 saturated carbocycles. The second-order valence-corrected chi connectivity index (χ2v) is 1.46. The summed E-state index contributed by atoms with van der Waals surface area (Å²) < 4.78 is 4.95. The summed E-state index contributed by atoms with van der Waals surface area (Å²) in [7, 11) is 1.68. The summed E-state index contributed by atoms with van der Waals surface area (Å²) in [6.45, 7) is 3.56. The molecule has 0 N–H and O–H groups in total. The first kappa shape index (κ1) is 5.09. The second kappa shape index (κ2) is 1.82. The molecule has 1 aliphatic rings. The summed E-state index contributed by atoms with van der Waals surface area (Å²) in [5.41, 5.74) is 0. The van der Waals surface area contributed by atoms with Crippen molar-refractivity contribution in [2.75, 3.05) is 7.05 Å². The first-order valence-electron chi connectivity index (χ1n) is 2.34. The first-order chi connectivity index (χ1) is 3.83. The molecule has 2 heteroatoms. The second-order valence-electron chi connectivity index (χ2n) is 1.46. The minimum atomic E-state index is 0.634. The number of rotatable bonds is 0. The molecule has 8 heavy (non-hydrogen) atoms. The Labute approximate surface area is 48.2 Å². The highest BCUT2D eigenvalue weighted by atomic mass is 16.5. The maximum absolute atomic E-state index is 4.95. The van der Waals surface area contributed by atoms with E-state index in [4.69, 9.17) is 4.74 Å². The van der Waals surface area contributed by atoms with Crippen LogP contribution in [0.1, 0.15) is 0 Å². The highest BCUT2D eigenvalue weighted by Crippen LogP contribution is 2.05. The van der Waals surface area contributed by atoms with Gasteiger partial charge in [0.1, 0.15) is 5.76 Å². The molecule has 0 atom stereocenters. The molecule has 2 nitrogen and oxygen atoms in total. The van der Waals surface area contributed by atoms with Crippen LogP contribution < -0.4 is 0 Å². The van der Waals surface area contributed by atoms with Gasteiger partial charge in [0, 0.05) is 13.1 Å². The summed E-state index contributed by atoms with van der Waals surface area (Å²) in [5.74, 6) is 1.29. The normalized spacial score (nSPS) is 22.1. The standard InChI is InChI=1S/C6H7NO/c1-5-3-4-6(7-2)8-5/h3-4H,1H2,2H3. The Morgan fingerprint density at radius 1 is 1.62 bits per heavy atom. The molecule has 1 aliphatic heterocycles. The van der Waals surface area contributed by atoms with Gasteiger partial charge >= 0.3 is 0 Å². The van der Waals surface area contributed by atoms with Crippen molar-refractivity contribution < 1.29 is 4.74 Å². The van der Waals surface area contributed by atoms with Gasteiger partial charge in [-0.2, -0.15) is 0 Å². The first-order valence-corrected chi connectivity index (χ1v) is 2.34. The Balaban J connectivity index is 2.73. The molecule has 0 aromatic heterocycles. The number of aliphatic imine (C=N–C) groups is 1. The van der Waals surface area contributed by atoms with Crippen molar-refractivity contribution in [2.24, 2.45) is 4.99 Å². The van der Waals surface area contributed by atoms with E-state index in [0.717, 1.165) is 0 Å². The molecule has 0 bridgehead atoms. The van der Waals surface area contributed by atoms with E-state index in [1.807, 2.05) is 0 Å². The van der Waals surface area contributed by atoms with E-state index >= 15 is 0 Å². The van der Waals surface area contributed by atoms with Crippen molar-refractivity contribution in [3.05, 3.63) is 24.5 Å². The molecule has 0 amide bonds. The van der Waals surface area contributed by atoms with Gasteiger partial charge in [-0.3, -0.25) is 4.99 Å². The third-order valence-corrected chi connectivity index (χ3v) is 0.868. The fraction of sp³-hybridized carbons (Fsp3) is 0.167. The van der Waals surface area contributed by atoms with Crippen LogP contribution in [0.2, 0.25) is 0 Å². The van der Waals surface area contributed by atoms with E-state index in [9.17, 15) is 0 Å². The smallest absolute Gasteiger partial charge is 0.214 e. The SMILES string of the molecule is C=C1C=CC(=NC)O1. The summed E-state index contributed by atoms with van der Waals surface area (Å²) in [6.07, 6.45) is 3.56. The van der Waals surface area contributed by atoms with Crippen molar-refractivity contribution in [1.82, 2.24) is 0 Å². The molecular weight excluding hydrogens is 102 g/mol. The quantitative estimate of drug-likeness (QED) is 0.456. The molecule has 0 spiro atoms. The van der Waals surface area contributed by atoms with Crippen molar-refractivity contribution >= 4 is 5.90 Å². The topological polar surface area (TPSA) is 21.6 Å². The van der Waals surface area contributed by atoms with Crippen molar-refractivity contribution in [2.45, 2.75) is 0 Å². The fourth-order valence-corrected chi connectivity index (χ4v) is 0.487. The maximum atomic E-state index is 4.95. The largest absolute Gasteiger partial charge is 0.440 e. The Hall–Kier alpha value is -1.05. The molecule has 0 fully saturated rings. The molecule has 1 rings (SSSR count). The predicted molar refractivity (Wildman–Crippen MR) is 32.7 cm³/mol. The fourth-order valence-electron chi connectivity index (χ4n) is 0.487. The summed E-state index contributed by atoms with van der Waals surface area (Å²) in [6, 6.07) is 0. The zero-order chi connectivity index (χ0) is 5.98. The van der Waals surface area contributed by atoms with E-state index in [0.29, 0.717) is 11.7 Å². The number of allylic oxidation sites excluding steroid dienone is 1. The minimum Gasteiger partial charge on any atom is -0.440 e. The Bertz CT molecular complexity index is 167. The van der Waals surface area contributed by atoms with Crippen LogP contribution in [0, 0.1) is 0 Å². The van der Waals surface area contributed by atoms with Crippen LogP contribution in [-0.4, -0.2) is 12.9 Å². The molecule has 42 valence electrons. The van der Waals surface area contributed by atoms with Gasteiger partial charge in [-0.1, -0.05) is 6.58 Å². The summed E-state index contributed by atoms with van der Waals surface area (Å²) in [5, 5.41) is 0. The maximum Gasteiger partial charge on any atom is 0.214 e. The van der Waals surface area contributed by atoms with Crippen LogP contribution >= 0.6 is 0 Å². The van der Waals surface area contributed by atoms with Crippen LogP contribution in [0.25, 0.3) is 0 Å². The average Bonchev–Trinajstić information content (AvgIpc) is 2.14. The number of hydrogen-bond acceptors (Lipinski definition) is 2. The Morgan fingerprint density at radius 2 is 2.38 bits per heavy atom. The van der Waals surface area contributed by atoms with Crippen LogP contribution in [0.15, 0.2) is 29.5 Å². The lowest BCUT2D eigenvalue weighted by Gasteiger charge is -1.92. The molecule has 0 aromatic carbocycles. The number of hydrogen-bond donors (Lipinski definition) is 0. The van der Waals surface area contributed by atoms with Gasteiger partial charge < -0.3 is 4.74 Å². The van der Waals surface area contributed by atoms with E-state index < -0.39 is 0 Å². The zero-order valence-electron chi connectivity index (χ0n) is 4.72. The van der Waals surface area contributed by atoms with Crippen molar-refractivity contribution in [3.63, 3.8) is 0 Å². The van der Waals surface area contributed by atoms with E-state index in [-0.39, 0.29) is 0 Å². The third-order valence-electron chi connectivity index (χ3n) is 0.868. The highest BCUT2D eigenvalue weighted by molar-refractivity contribution is 5.91. The Kier molecular flexibility index (Phi) is 1.16. The molecule has 0 aliphatic carbocycles. The van der Waals surface area contributed by atoms with E-state index in [1.165, 1.54) is 0 Å². The van der Waals surface area contributed by atoms with Crippen LogP contribution in [-0.2, 0) is 4.74 Å². The van der Waals surface area contributed by atoms with Gasteiger partial charge in [0.15, 0.2) is 0 Å². The molecule has 0 unspecified atom stereocenters. The third kappa shape index (κ3) is 0.780. The molecular formula is C6H7NO. The summed E-state index contributed by atoms with van der Waals surface area (Å²) >= 11 is 0. The lowest BCUT2D eigenvalue weighted by Crippen LogP contribution is -1.89. The predicted octanol–water partition coefficient (Wildman–Crippen LogP) is 1.11. The van der Waals surface area contributed by atoms with Gasteiger partial charge in [-0.25, -0.2) is 0 Å². The highest BCUT2D eigenvalue weighted by Gasteiger charge is 2.02. The van der Waals surface area contributed by atoms with Gasteiger partial charge in [0.2, 0.25) is 5.90 Å². The van der Waals surface area contributed by atoms with Gasteiger partial charge in [0.05, 0.1) is 0 Å². The molecule has 1 heterocycles. The van der Waals surface area contributed by atoms with Crippen LogP contribution in [0.5, 0.6) is 0 Å². The average molecular weight is 109 g/mol. The zero-order valence-corrected chi connectivity index (χ0v) is 4.72. The molecule has 0 saturated heterocycles. The Morgan fingerprint density at radius 3 is 2.62 bits per heavy atom. The molecule has 0 aromatic rings.